The van der Waals surface area contributed by atoms with Crippen LogP contribution in [0.2, 0.25) is 5.02 Å². The maximum atomic E-state index is 12.4. The fourth-order valence-electron chi connectivity index (χ4n) is 3.13. The van der Waals surface area contributed by atoms with Gasteiger partial charge in [0.1, 0.15) is 24.7 Å². The van der Waals surface area contributed by atoms with Crippen molar-refractivity contribution in [2.24, 2.45) is 5.10 Å². The van der Waals surface area contributed by atoms with Crippen molar-refractivity contribution in [2.45, 2.75) is 13.2 Å². The molecule has 0 saturated carbocycles. The SMILES string of the molecule is O=C(N/N=C\c1ccccc1OCc1ccccc1)c1ccc(OCc2ccc(Cl)cc2)cc1. The van der Waals surface area contributed by atoms with E-state index in [4.69, 9.17) is 21.1 Å². The minimum Gasteiger partial charge on any atom is -0.489 e. The van der Waals surface area contributed by atoms with Crippen LogP contribution >= 0.6 is 11.6 Å². The second-order valence-corrected chi connectivity index (χ2v) is 7.89. The fraction of sp³-hybridized carbons (Fsp3) is 0.0714. The Labute approximate surface area is 203 Å². The molecule has 4 aromatic rings. The van der Waals surface area contributed by atoms with E-state index in [1.54, 1.807) is 30.5 Å². The zero-order chi connectivity index (χ0) is 23.6. The fourth-order valence-corrected chi connectivity index (χ4v) is 3.25. The van der Waals surface area contributed by atoms with E-state index in [0.717, 1.165) is 16.7 Å². The van der Waals surface area contributed by atoms with Crippen molar-refractivity contribution in [1.29, 1.82) is 0 Å². The van der Waals surface area contributed by atoms with Crippen LogP contribution in [0.5, 0.6) is 11.5 Å². The summed E-state index contributed by atoms with van der Waals surface area (Å²) in [6, 6.07) is 31.8. The van der Waals surface area contributed by atoms with Crippen molar-refractivity contribution in [1.82, 2.24) is 5.43 Å². The van der Waals surface area contributed by atoms with E-state index in [9.17, 15) is 4.79 Å². The Kier molecular flexibility index (Phi) is 7.93. The maximum Gasteiger partial charge on any atom is 0.271 e. The molecule has 5 nitrogen and oxygen atoms in total. The van der Waals surface area contributed by atoms with E-state index in [0.29, 0.717) is 35.3 Å². The third-order valence-corrected chi connectivity index (χ3v) is 5.21. The highest BCUT2D eigenvalue weighted by Gasteiger charge is 2.06. The number of nitrogens with zero attached hydrogens (tertiary/aromatic N) is 1. The summed E-state index contributed by atoms with van der Waals surface area (Å²) in [7, 11) is 0. The van der Waals surface area contributed by atoms with Gasteiger partial charge in [-0.1, -0.05) is 66.2 Å². The minimum absolute atomic E-state index is 0.316. The highest BCUT2D eigenvalue weighted by molar-refractivity contribution is 6.30. The van der Waals surface area contributed by atoms with Crippen LogP contribution in [-0.2, 0) is 13.2 Å². The monoisotopic (exact) mass is 470 g/mol. The van der Waals surface area contributed by atoms with E-state index in [2.05, 4.69) is 10.5 Å². The highest BCUT2D eigenvalue weighted by atomic mass is 35.5. The second-order valence-electron chi connectivity index (χ2n) is 7.45. The number of carbonyl (C=O) groups is 1. The van der Waals surface area contributed by atoms with Crippen LogP contribution in [0.3, 0.4) is 0 Å². The van der Waals surface area contributed by atoms with Gasteiger partial charge in [0.15, 0.2) is 0 Å². The molecule has 0 spiro atoms. The molecule has 0 saturated heterocycles. The molecule has 4 aromatic carbocycles. The van der Waals surface area contributed by atoms with Crippen molar-refractivity contribution in [3.8, 4) is 11.5 Å². The summed E-state index contributed by atoms with van der Waals surface area (Å²) >= 11 is 5.90. The summed E-state index contributed by atoms with van der Waals surface area (Å²) in [5, 5.41) is 4.78. The van der Waals surface area contributed by atoms with E-state index in [-0.39, 0.29) is 5.91 Å². The predicted octanol–water partition coefficient (Wildman–Crippen LogP) is 6.26. The molecule has 170 valence electrons. The van der Waals surface area contributed by atoms with Gasteiger partial charge in [-0.15, -0.1) is 0 Å². The lowest BCUT2D eigenvalue weighted by atomic mass is 10.2. The van der Waals surface area contributed by atoms with Gasteiger partial charge >= 0.3 is 0 Å². The molecular weight excluding hydrogens is 448 g/mol. The number of amides is 1. The third-order valence-electron chi connectivity index (χ3n) is 4.96. The molecule has 0 aromatic heterocycles. The average molecular weight is 471 g/mol. The summed E-state index contributed by atoms with van der Waals surface area (Å²) in [5.41, 5.74) is 5.88. The Morgan fingerprint density at radius 2 is 1.41 bits per heavy atom. The van der Waals surface area contributed by atoms with Crippen molar-refractivity contribution in [3.05, 3.63) is 130 Å². The van der Waals surface area contributed by atoms with Crippen LogP contribution in [0.25, 0.3) is 0 Å². The van der Waals surface area contributed by atoms with Crippen molar-refractivity contribution in [2.75, 3.05) is 0 Å². The molecular formula is C28H23ClN2O3. The lowest BCUT2D eigenvalue weighted by Gasteiger charge is -2.09. The Balaban J connectivity index is 1.30. The minimum atomic E-state index is -0.316. The summed E-state index contributed by atoms with van der Waals surface area (Å²) in [5.74, 6) is 1.04. The van der Waals surface area contributed by atoms with Crippen LogP contribution in [0.4, 0.5) is 0 Å². The van der Waals surface area contributed by atoms with Crippen molar-refractivity contribution in [3.63, 3.8) is 0 Å². The smallest absolute Gasteiger partial charge is 0.271 e. The number of carbonyl (C=O) groups excluding carboxylic acids is 1. The van der Waals surface area contributed by atoms with Crippen LogP contribution < -0.4 is 14.9 Å². The van der Waals surface area contributed by atoms with E-state index < -0.39 is 0 Å². The van der Waals surface area contributed by atoms with E-state index >= 15 is 0 Å². The first-order chi connectivity index (χ1) is 16.7. The molecule has 1 amide bonds. The maximum absolute atomic E-state index is 12.4. The first kappa shape index (κ1) is 23.1. The molecule has 0 aliphatic carbocycles. The lowest BCUT2D eigenvalue weighted by molar-refractivity contribution is 0.0955. The van der Waals surface area contributed by atoms with Crippen LogP contribution in [0.15, 0.2) is 108 Å². The molecule has 0 bridgehead atoms. The van der Waals surface area contributed by atoms with Crippen LogP contribution in [-0.4, -0.2) is 12.1 Å². The number of rotatable bonds is 9. The third kappa shape index (κ3) is 6.70. The number of halogens is 1. The van der Waals surface area contributed by atoms with Gasteiger partial charge in [0, 0.05) is 16.1 Å². The number of hydrogen-bond acceptors (Lipinski definition) is 4. The van der Waals surface area contributed by atoms with Gasteiger partial charge in [-0.2, -0.15) is 5.10 Å². The standard InChI is InChI=1S/C28H23ClN2O3/c29-25-14-10-22(11-15-25)19-33-26-16-12-23(13-17-26)28(32)31-30-18-24-8-4-5-9-27(24)34-20-21-6-2-1-3-7-21/h1-18H,19-20H2,(H,31,32)/b30-18-. The summed E-state index contributed by atoms with van der Waals surface area (Å²) in [6.07, 6.45) is 1.57. The van der Waals surface area contributed by atoms with Crippen LogP contribution in [0, 0.1) is 0 Å². The molecule has 0 fully saturated rings. The van der Waals surface area contributed by atoms with Gasteiger partial charge in [-0.25, -0.2) is 5.43 Å². The highest BCUT2D eigenvalue weighted by Crippen LogP contribution is 2.18. The zero-order valence-corrected chi connectivity index (χ0v) is 19.1. The number of hydrogen-bond donors (Lipinski definition) is 1. The summed E-state index contributed by atoms with van der Waals surface area (Å²) in [6.45, 7) is 0.864. The largest absolute Gasteiger partial charge is 0.489 e. The van der Waals surface area contributed by atoms with Crippen molar-refractivity contribution >= 4 is 23.7 Å². The number of benzene rings is 4. The molecule has 0 unspecified atom stereocenters. The Bertz CT molecular complexity index is 1240. The first-order valence-electron chi connectivity index (χ1n) is 10.7. The van der Waals surface area contributed by atoms with E-state index in [1.165, 1.54) is 0 Å². The molecule has 0 atom stereocenters. The number of para-hydroxylation sites is 1. The molecule has 4 rings (SSSR count). The topological polar surface area (TPSA) is 59.9 Å². The second kappa shape index (κ2) is 11.7. The number of hydrazone groups is 1. The predicted molar refractivity (Wildman–Crippen MR) is 135 cm³/mol. The van der Waals surface area contributed by atoms with Gasteiger partial charge in [-0.3, -0.25) is 4.79 Å². The van der Waals surface area contributed by atoms with Crippen molar-refractivity contribution < 1.29 is 14.3 Å². The van der Waals surface area contributed by atoms with E-state index in [1.807, 2.05) is 78.9 Å². The van der Waals surface area contributed by atoms with Gasteiger partial charge < -0.3 is 9.47 Å². The summed E-state index contributed by atoms with van der Waals surface area (Å²) in [4.78, 5) is 12.4. The molecule has 0 heterocycles. The number of ether oxygens (including phenoxy) is 2. The zero-order valence-electron chi connectivity index (χ0n) is 18.4. The van der Waals surface area contributed by atoms with Gasteiger partial charge in [0.2, 0.25) is 0 Å². The molecule has 0 aliphatic heterocycles. The van der Waals surface area contributed by atoms with Crippen LogP contribution in [0.1, 0.15) is 27.0 Å². The molecule has 6 heteroatoms. The quantitative estimate of drug-likeness (QED) is 0.232. The molecule has 0 radical (unpaired) electrons. The van der Waals surface area contributed by atoms with Gasteiger partial charge in [-0.05, 0) is 59.7 Å². The lowest BCUT2D eigenvalue weighted by Crippen LogP contribution is -2.17. The average Bonchev–Trinajstić information content (AvgIpc) is 2.88. The Morgan fingerprint density at radius 3 is 2.18 bits per heavy atom. The molecule has 0 aliphatic rings. The normalized spacial score (nSPS) is 10.7. The molecule has 34 heavy (non-hydrogen) atoms. The van der Waals surface area contributed by atoms with Gasteiger partial charge in [0.05, 0.1) is 6.21 Å². The first-order valence-corrected chi connectivity index (χ1v) is 11.1. The van der Waals surface area contributed by atoms with Gasteiger partial charge in [0.25, 0.3) is 5.91 Å². The molecule has 1 N–H and O–H groups in total. The summed E-state index contributed by atoms with van der Waals surface area (Å²) < 4.78 is 11.7. The Hall–Kier alpha value is -4.09. The number of nitrogens with one attached hydrogen (secondary N) is 1. The Morgan fingerprint density at radius 1 is 0.765 bits per heavy atom.